The molecule has 2 aromatic carbocycles. The van der Waals surface area contributed by atoms with Crippen LogP contribution in [-0.2, 0) is 6.42 Å². The first-order valence-electron chi connectivity index (χ1n) is 6.89. The van der Waals surface area contributed by atoms with E-state index in [2.05, 4.69) is 35.3 Å². The Labute approximate surface area is 123 Å². The maximum Gasteiger partial charge on any atom is 0.115 e. The summed E-state index contributed by atoms with van der Waals surface area (Å²) < 4.78 is 0. The van der Waals surface area contributed by atoms with Crippen molar-refractivity contribution in [2.75, 3.05) is 0 Å². The van der Waals surface area contributed by atoms with Crippen LogP contribution >= 0.6 is 11.6 Å². The van der Waals surface area contributed by atoms with Crippen molar-refractivity contribution in [1.29, 1.82) is 0 Å². The van der Waals surface area contributed by atoms with Crippen LogP contribution in [0.5, 0.6) is 0 Å². The molecule has 0 radical (unpaired) electrons. The van der Waals surface area contributed by atoms with Gasteiger partial charge in [-0.25, -0.2) is 0 Å². The number of benzene rings is 2. The molecular formula is C16H16ClN3. The third-order valence-electron chi connectivity index (χ3n) is 3.35. The van der Waals surface area contributed by atoms with Gasteiger partial charge in [0.25, 0.3) is 0 Å². The van der Waals surface area contributed by atoms with E-state index >= 15 is 0 Å². The van der Waals surface area contributed by atoms with Crippen LogP contribution in [-0.4, -0.2) is 15.0 Å². The summed E-state index contributed by atoms with van der Waals surface area (Å²) in [6.07, 6.45) is 3.40. The van der Waals surface area contributed by atoms with Crippen molar-refractivity contribution in [2.24, 2.45) is 0 Å². The van der Waals surface area contributed by atoms with E-state index in [1.54, 1.807) is 4.80 Å². The molecule has 3 aromatic rings. The molecule has 0 amide bonds. The highest BCUT2D eigenvalue weighted by molar-refractivity contribution is 6.31. The standard InChI is InChI=1S/C16H16ClN3/c1-2-3-6-12-7-4-5-8-16(12)20-18-14-10-9-13(17)11-15(14)19-20/h4-5,7-11H,2-3,6H2,1H3. The second-order valence-corrected chi connectivity index (χ2v) is 5.29. The molecule has 0 aliphatic rings. The average Bonchev–Trinajstić information content (AvgIpc) is 2.88. The third-order valence-corrected chi connectivity index (χ3v) is 3.58. The van der Waals surface area contributed by atoms with Crippen molar-refractivity contribution in [3.05, 3.63) is 53.1 Å². The fourth-order valence-electron chi connectivity index (χ4n) is 2.28. The molecule has 20 heavy (non-hydrogen) atoms. The predicted molar refractivity (Wildman–Crippen MR) is 82.5 cm³/mol. The molecular weight excluding hydrogens is 270 g/mol. The molecule has 1 aromatic heterocycles. The van der Waals surface area contributed by atoms with Crippen molar-refractivity contribution in [2.45, 2.75) is 26.2 Å². The number of hydrogen-bond acceptors (Lipinski definition) is 2. The minimum absolute atomic E-state index is 0.684. The first-order valence-corrected chi connectivity index (χ1v) is 7.26. The van der Waals surface area contributed by atoms with Crippen LogP contribution in [0.1, 0.15) is 25.3 Å². The SMILES string of the molecule is CCCCc1ccccc1-n1nc2ccc(Cl)cc2n1. The van der Waals surface area contributed by atoms with Crippen LogP contribution in [0.25, 0.3) is 16.7 Å². The second kappa shape index (κ2) is 5.63. The smallest absolute Gasteiger partial charge is 0.115 e. The molecule has 0 saturated heterocycles. The molecule has 0 aliphatic heterocycles. The molecule has 0 bridgehead atoms. The molecule has 0 N–H and O–H groups in total. The summed E-state index contributed by atoms with van der Waals surface area (Å²) in [5.41, 5.74) is 4.01. The average molecular weight is 286 g/mol. The first kappa shape index (κ1) is 13.1. The predicted octanol–water partition coefficient (Wildman–Crippen LogP) is 4.42. The molecule has 0 spiro atoms. The Morgan fingerprint density at radius 3 is 2.70 bits per heavy atom. The highest BCUT2D eigenvalue weighted by Gasteiger charge is 2.08. The topological polar surface area (TPSA) is 30.7 Å². The van der Waals surface area contributed by atoms with Gasteiger partial charge in [-0.15, -0.1) is 10.2 Å². The van der Waals surface area contributed by atoms with E-state index in [0.29, 0.717) is 5.02 Å². The van der Waals surface area contributed by atoms with Crippen molar-refractivity contribution in [3.8, 4) is 5.69 Å². The summed E-state index contributed by atoms with van der Waals surface area (Å²) in [5, 5.41) is 9.76. The van der Waals surface area contributed by atoms with Crippen molar-refractivity contribution in [3.63, 3.8) is 0 Å². The number of rotatable bonds is 4. The number of halogens is 1. The van der Waals surface area contributed by atoms with Gasteiger partial charge in [0, 0.05) is 5.02 Å². The van der Waals surface area contributed by atoms with Gasteiger partial charge in [-0.2, -0.15) is 4.80 Å². The first-order chi connectivity index (χ1) is 9.78. The Morgan fingerprint density at radius 2 is 1.85 bits per heavy atom. The van der Waals surface area contributed by atoms with Crippen molar-refractivity contribution < 1.29 is 0 Å². The molecule has 1 heterocycles. The van der Waals surface area contributed by atoms with E-state index in [1.165, 1.54) is 18.4 Å². The van der Waals surface area contributed by atoms with Gasteiger partial charge >= 0.3 is 0 Å². The number of para-hydroxylation sites is 1. The fraction of sp³-hybridized carbons (Fsp3) is 0.250. The van der Waals surface area contributed by atoms with Gasteiger partial charge in [-0.3, -0.25) is 0 Å². The lowest BCUT2D eigenvalue weighted by Crippen LogP contribution is -2.03. The lowest BCUT2D eigenvalue weighted by atomic mass is 10.1. The largest absolute Gasteiger partial charge is 0.150 e. The Bertz CT molecular complexity index is 733. The van der Waals surface area contributed by atoms with E-state index in [4.69, 9.17) is 11.6 Å². The summed E-state index contributed by atoms with van der Waals surface area (Å²) >= 11 is 6.00. The number of aryl methyl sites for hydroxylation is 1. The minimum atomic E-state index is 0.684. The molecule has 0 saturated carbocycles. The van der Waals surface area contributed by atoms with Gasteiger partial charge in [0.05, 0.1) is 5.69 Å². The van der Waals surface area contributed by atoms with E-state index in [-0.39, 0.29) is 0 Å². The van der Waals surface area contributed by atoms with Gasteiger partial charge < -0.3 is 0 Å². The summed E-state index contributed by atoms with van der Waals surface area (Å²) in [6, 6.07) is 13.9. The molecule has 4 heteroatoms. The zero-order chi connectivity index (χ0) is 13.9. The van der Waals surface area contributed by atoms with Gasteiger partial charge in [0.1, 0.15) is 11.0 Å². The monoisotopic (exact) mass is 285 g/mol. The van der Waals surface area contributed by atoms with Gasteiger partial charge in [-0.05, 0) is 42.7 Å². The minimum Gasteiger partial charge on any atom is -0.150 e. The van der Waals surface area contributed by atoms with Crippen LogP contribution in [0.15, 0.2) is 42.5 Å². The van der Waals surface area contributed by atoms with Crippen LogP contribution in [0.3, 0.4) is 0 Å². The Kier molecular flexibility index (Phi) is 3.70. The van der Waals surface area contributed by atoms with Crippen molar-refractivity contribution in [1.82, 2.24) is 15.0 Å². The summed E-state index contributed by atoms with van der Waals surface area (Å²) in [6.45, 7) is 2.20. The Morgan fingerprint density at radius 1 is 1.05 bits per heavy atom. The molecule has 0 fully saturated rings. The van der Waals surface area contributed by atoms with Gasteiger partial charge in [0.2, 0.25) is 0 Å². The van der Waals surface area contributed by atoms with Crippen LogP contribution in [0.4, 0.5) is 0 Å². The zero-order valence-corrected chi connectivity index (χ0v) is 12.1. The van der Waals surface area contributed by atoms with Crippen LogP contribution in [0, 0.1) is 0 Å². The lowest BCUT2D eigenvalue weighted by Gasteiger charge is -2.07. The maximum absolute atomic E-state index is 6.00. The van der Waals surface area contributed by atoms with Gasteiger partial charge in [0.15, 0.2) is 0 Å². The second-order valence-electron chi connectivity index (χ2n) is 4.85. The molecule has 102 valence electrons. The number of fused-ring (bicyclic) bond motifs is 1. The summed E-state index contributed by atoms with van der Waals surface area (Å²) in [7, 11) is 0. The normalized spacial score (nSPS) is 11.1. The van der Waals surface area contributed by atoms with E-state index in [9.17, 15) is 0 Å². The molecule has 0 unspecified atom stereocenters. The molecule has 3 rings (SSSR count). The fourth-order valence-corrected chi connectivity index (χ4v) is 2.45. The van der Waals surface area contributed by atoms with E-state index in [0.717, 1.165) is 23.1 Å². The third kappa shape index (κ3) is 2.54. The molecule has 0 atom stereocenters. The quantitative estimate of drug-likeness (QED) is 0.710. The molecule has 0 aliphatic carbocycles. The number of unbranched alkanes of at least 4 members (excludes halogenated alkanes) is 1. The maximum atomic E-state index is 6.00. The summed E-state index contributed by atoms with van der Waals surface area (Å²) in [5.74, 6) is 0. The Hall–Kier alpha value is -1.87. The molecule has 3 nitrogen and oxygen atoms in total. The number of aromatic nitrogens is 3. The zero-order valence-electron chi connectivity index (χ0n) is 11.4. The summed E-state index contributed by atoms with van der Waals surface area (Å²) in [4.78, 5) is 1.71. The highest BCUT2D eigenvalue weighted by Crippen LogP contribution is 2.20. The van der Waals surface area contributed by atoms with E-state index < -0.39 is 0 Å². The van der Waals surface area contributed by atoms with Crippen LogP contribution in [0.2, 0.25) is 5.02 Å². The van der Waals surface area contributed by atoms with Gasteiger partial charge in [-0.1, -0.05) is 43.1 Å². The van der Waals surface area contributed by atoms with Crippen molar-refractivity contribution >= 4 is 22.6 Å². The number of hydrogen-bond donors (Lipinski definition) is 0. The van der Waals surface area contributed by atoms with E-state index in [1.807, 2.05) is 24.3 Å². The number of nitrogens with zero attached hydrogens (tertiary/aromatic N) is 3. The lowest BCUT2D eigenvalue weighted by molar-refractivity contribution is 0.734. The van der Waals surface area contributed by atoms with Crippen LogP contribution < -0.4 is 0 Å². The highest BCUT2D eigenvalue weighted by atomic mass is 35.5. The Balaban J connectivity index is 2.06.